The van der Waals surface area contributed by atoms with Gasteiger partial charge in [0.2, 0.25) is 0 Å². The number of fused-ring (bicyclic) bond motifs is 1. The van der Waals surface area contributed by atoms with Crippen molar-refractivity contribution in [2.24, 2.45) is 5.92 Å². The first kappa shape index (κ1) is 26.9. The van der Waals surface area contributed by atoms with E-state index in [-0.39, 0.29) is 41.9 Å². The number of imide groups is 1. The molecule has 1 heterocycles. The molecule has 3 rings (SSSR count). The minimum atomic E-state index is -1.39. The fourth-order valence-corrected chi connectivity index (χ4v) is 4.76. The van der Waals surface area contributed by atoms with Crippen LogP contribution in [0.15, 0.2) is 18.2 Å². The van der Waals surface area contributed by atoms with E-state index in [1.807, 2.05) is 0 Å². The summed E-state index contributed by atoms with van der Waals surface area (Å²) in [4.78, 5) is 52.0. The number of anilines is 1. The maximum atomic E-state index is 13.1. The van der Waals surface area contributed by atoms with Gasteiger partial charge in [0.1, 0.15) is 6.04 Å². The normalized spacial score (nSPS) is 13.9. The Labute approximate surface area is 224 Å². The van der Waals surface area contributed by atoms with Crippen LogP contribution in [0.4, 0.5) is 5.69 Å². The molecule has 1 aliphatic heterocycles. The van der Waals surface area contributed by atoms with E-state index in [0.29, 0.717) is 9.92 Å². The highest BCUT2D eigenvalue weighted by molar-refractivity contribution is 6.55. The molecule has 0 radical (unpaired) electrons. The molecule has 0 spiro atoms. The number of esters is 1. The number of nitrogens with zero attached hydrogens (tertiary/aromatic N) is 1. The molecular weight excluding hydrogens is 573 g/mol. The Balaban J connectivity index is 1.81. The van der Waals surface area contributed by atoms with E-state index in [4.69, 9.17) is 74.3 Å². The summed E-state index contributed by atoms with van der Waals surface area (Å²) in [5, 5.41) is 2.11. The van der Waals surface area contributed by atoms with Crippen LogP contribution in [0, 0.1) is 5.92 Å². The van der Waals surface area contributed by atoms with Crippen LogP contribution in [-0.2, 0) is 14.3 Å². The first-order chi connectivity index (χ1) is 15.9. The molecule has 0 saturated carbocycles. The Kier molecular flexibility index (Phi) is 8.28. The van der Waals surface area contributed by atoms with Crippen LogP contribution in [0.3, 0.4) is 0 Å². The van der Waals surface area contributed by atoms with Crippen molar-refractivity contribution in [1.29, 1.82) is 0 Å². The minimum absolute atomic E-state index is 0.185. The molecule has 2 aromatic carbocycles. The topological polar surface area (TPSA) is 92.8 Å². The van der Waals surface area contributed by atoms with Crippen molar-refractivity contribution >= 4 is 99.0 Å². The molecule has 0 aliphatic carbocycles. The van der Waals surface area contributed by atoms with E-state index >= 15 is 0 Å². The van der Waals surface area contributed by atoms with Gasteiger partial charge >= 0.3 is 5.97 Å². The van der Waals surface area contributed by atoms with E-state index in [1.165, 1.54) is 18.2 Å². The zero-order valence-electron chi connectivity index (χ0n) is 17.4. The number of amides is 3. The van der Waals surface area contributed by atoms with Crippen molar-refractivity contribution in [2.45, 2.75) is 19.9 Å². The Hall–Kier alpha value is -1.74. The number of benzene rings is 2. The first-order valence-corrected chi connectivity index (χ1v) is 11.8. The van der Waals surface area contributed by atoms with E-state index in [2.05, 4.69) is 5.32 Å². The second-order valence-corrected chi connectivity index (χ2v) is 9.81. The molecule has 7 nitrogen and oxygen atoms in total. The second kappa shape index (κ2) is 10.5. The van der Waals surface area contributed by atoms with Gasteiger partial charge in [-0.15, -0.1) is 0 Å². The summed E-state index contributed by atoms with van der Waals surface area (Å²) in [5.41, 5.74) is -0.273. The molecule has 13 heteroatoms. The van der Waals surface area contributed by atoms with E-state index in [1.54, 1.807) is 13.8 Å². The van der Waals surface area contributed by atoms with Crippen LogP contribution in [0.5, 0.6) is 0 Å². The van der Waals surface area contributed by atoms with Crippen LogP contribution in [0.2, 0.25) is 30.1 Å². The average molecular weight is 587 g/mol. The summed E-state index contributed by atoms with van der Waals surface area (Å²) >= 11 is 36.2. The molecule has 0 fully saturated rings. The second-order valence-electron chi connectivity index (χ2n) is 7.46. The summed E-state index contributed by atoms with van der Waals surface area (Å²) in [7, 11) is 0. The van der Waals surface area contributed by atoms with Crippen LogP contribution >= 0.6 is 69.6 Å². The van der Waals surface area contributed by atoms with E-state index in [0.717, 1.165) is 0 Å². The summed E-state index contributed by atoms with van der Waals surface area (Å²) in [6, 6.07) is 3.03. The highest BCUT2D eigenvalue weighted by Crippen LogP contribution is 2.45. The van der Waals surface area contributed by atoms with Crippen molar-refractivity contribution in [3.05, 3.63) is 59.5 Å². The number of rotatable bonds is 6. The number of carbonyl (C=O) groups excluding carboxylic acids is 4. The SMILES string of the molecule is CC(C)[C@H](C(=O)OCC(=O)Nc1ccc(Cl)cc1Cl)N1C(=O)c2c(Cl)c(Cl)c(Cl)c(Cl)c2C1=O. The van der Waals surface area contributed by atoms with Crippen LogP contribution < -0.4 is 5.32 Å². The van der Waals surface area contributed by atoms with Gasteiger partial charge in [-0.3, -0.25) is 19.3 Å². The summed E-state index contributed by atoms with van der Waals surface area (Å²) in [5.74, 6) is -4.07. The molecule has 34 heavy (non-hydrogen) atoms. The molecule has 0 saturated heterocycles. The lowest BCUT2D eigenvalue weighted by Gasteiger charge is -2.27. The third-order valence-electron chi connectivity index (χ3n) is 4.83. The number of carbonyl (C=O) groups is 4. The van der Waals surface area contributed by atoms with Gasteiger partial charge in [0.15, 0.2) is 6.61 Å². The largest absolute Gasteiger partial charge is 0.454 e. The molecule has 1 N–H and O–H groups in total. The smallest absolute Gasteiger partial charge is 0.330 e. The molecule has 0 aromatic heterocycles. The van der Waals surface area contributed by atoms with Crippen molar-refractivity contribution in [1.82, 2.24) is 4.90 Å². The maximum absolute atomic E-state index is 13.1. The number of hydrogen-bond acceptors (Lipinski definition) is 5. The van der Waals surface area contributed by atoms with Crippen molar-refractivity contribution in [3.8, 4) is 0 Å². The Morgan fingerprint density at radius 1 is 0.912 bits per heavy atom. The van der Waals surface area contributed by atoms with E-state index < -0.39 is 42.3 Å². The molecule has 2 aromatic rings. The molecule has 0 unspecified atom stereocenters. The predicted molar refractivity (Wildman–Crippen MR) is 132 cm³/mol. The molecule has 0 bridgehead atoms. The van der Waals surface area contributed by atoms with Crippen molar-refractivity contribution in [2.75, 3.05) is 11.9 Å². The zero-order chi connectivity index (χ0) is 25.5. The van der Waals surface area contributed by atoms with Crippen molar-refractivity contribution < 1.29 is 23.9 Å². The lowest BCUT2D eigenvalue weighted by Crippen LogP contribution is -2.49. The Bertz CT molecular complexity index is 1190. The monoisotopic (exact) mass is 584 g/mol. The zero-order valence-corrected chi connectivity index (χ0v) is 21.9. The summed E-state index contributed by atoms with van der Waals surface area (Å²) < 4.78 is 5.09. The van der Waals surface area contributed by atoms with E-state index in [9.17, 15) is 19.2 Å². The standard InChI is InChI=1S/C21H14Cl6N2O5/c1-7(2)18(21(33)34-6-11(30)28-10-4-3-8(22)5-9(10)23)29-19(31)12-13(20(29)32)15(25)17(27)16(26)14(12)24/h3-5,7,18H,6H2,1-2H3,(H,28,30)/t18-/m1/s1. The van der Waals surface area contributed by atoms with Gasteiger partial charge < -0.3 is 10.1 Å². The van der Waals surface area contributed by atoms with Gasteiger partial charge in [-0.1, -0.05) is 83.5 Å². The fraction of sp³-hybridized carbons (Fsp3) is 0.238. The molecule has 180 valence electrons. The Morgan fingerprint density at radius 2 is 1.44 bits per heavy atom. The minimum Gasteiger partial charge on any atom is -0.454 e. The van der Waals surface area contributed by atoms with Crippen LogP contribution in [0.1, 0.15) is 34.6 Å². The van der Waals surface area contributed by atoms with Crippen LogP contribution in [0.25, 0.3) is 0 Å². The van der Waals surface area contributed by atoms with Crippen LogP contribution in [-0.4, -0.2) is 41.2 Å². The molecular formula is C21H14Cl6N2O5. The van der Waals surface area contributed by atoms with Crippen molar-refractivity contribution in [3.63, 3.8) is 0 Å². The van der Waals surface area contributed by atoms with Gasteiger partial charge in [-0.05, 0) is 24.1 Å². The average Bonchev–Trinajstić information content (AvgIpc) is 3.02. The third-order valence-corrected chi connectivity index (χ3v) is 7.18. The number of ether oxygens (including phenoxy) is 1. The van der Waals surface area contributed by atoms with Gasteiger partial charge in [0.05, 0.1) is 41.9 Å². The molecule has 3 amide bonds. The highest BCUT2D eigenvalue weighted by Gasteiger charge is 2.48. The van der Waals surface area contributed by atoms with Gasteiger partial charge in [-0.25, -0.2) is 4.79 Å². The molecule has 1 atom stereocenters. The van der Waals surface area contributed by atoms with Gasteiger partial charge in [0.25, 0.3) is 17.7 Å². The van der Waals surface area contributed by atoms with Gasteiger partial charge in [-0.2, -0.15) is 0 Å². The van der Waals surface area contributed by atoms with Gasteiger partial charge in [0, 0.05) is 5.02 Å². The molecule has 1 aliphatic rings. The predicted octanol–water partition coefficient (Wildman–Crippen LogP) is 6.41. The maximum Gasteiger partial charge on any atom is 0.330 e. The number of nitrogens with one attached hydrogen (secondary N) is 1. The third kappa shape index (κ3) is 4.96. The Morgan fingerprint density at radius 3 is 1.91 bits per heavy atom. The lowest BCUT2D eigenvalue weighted by atomic mass is 10.0. The number of hydrogen-bond donors (Lipinski definition) is 1. The lowest BCUT2D eigenvalue weighted by molar-refractivity contribution is -0.152. The summed E-state index contributed by atoms with van der Waals surface area (Å²) in [6.45, 7) is 2.47. The first-order valence-electron chi connectivity index (χ1n) is 9.52. The number of halogens is 6. The fourth-order valence-electron chi connectivity index (χ4n) is 3.29. The quantitative estimate of drug-likeness (QED) is 0.183. The summed E-state index contributed by atoms with van der Waals surface area (Å²) in [6.07, 6.45) is 0. The highest BCUT2D eigenvalue weighted by atomic mass is 35.5.